The molecular formula is C32H46O2. The topological polar surface area (TPSA) is 21.8 Å². The monoisotopic (exact) mass is 462 g/mol. The van der Waals surface area contributed by atoms with Crippen molar-refractivity contribution in [1.29, 1.82) is 0 Å². The van der Waals surface area contributed by atoms with E-state index in [2.05, 4.69) is 70.5 Å². The summed E-state index contributed by atoms with van der Waals surface area (Å²) in [5, 5.41) is 0. The van der Waals surface area contributed by atoms with Crippen LogP contribution in [0.3, 0.4) is 0 Å². The summed E-state index contributed by atoms with van der Waals surface area (Å²) < 4.78 is 12.4. The van der Waals surface area contributed by atoms with Gasteiger partial charge < -0.3 is 9.47 Å². The average Bonchev–Trinajstić information content (AvgIpc) is 3.66. The third kappa shape index (κ3) is 6.32. The van der Waals surface area contributed by atoms with E-state index in [4.69, 9.17) is 9.47 Å². The second-order valence-electron chi connectivity index (χ2n) is 12.1. The number of rotatable bonds is 7. The summed E-state index contributed by atoms with van der Waals surface area (Å²) in [5.74, 6) is 15.5. The summed E-state index contributed by atoms with van der Waals surface area (Å²) in [4.78, 5) is 0. The van der Waals surface area contributed by atoms with Crippen molar-refractivity contribution < 1.29 is 9.47 Å². The van der Waals surface area contributed by atoms with Crippen LogP contribution in [-0.4, -0.2) is 17.8 Å². The van der Waals surface area contributed by atoms with Gasteiger partial charge in [0, 0.05) is 12.3 Å². The molecule has 2 aliphatic carbocycles. The molecule has 2 heterocycles. The third-order valence-corrected chi connectivity index (χ3v) is 9.16. The first-order chi connectivity index (χ1) is 16.3. The Hall–Kier alpha value is -1.64. The van der Waals surface area contributed by atoms with Gasteiger partial charge in [0.2, 0.25) is 0 Å². The molecule has 2 aliphatic heterocycles. The Bertz CT molecular complexity index is 901. The van der Waals surface area contributed by atoms with Gasteiger partial charge in [0.25, 0.3) is 0 Å². The molecule has 2 fully saturated rings. The Morgan fingerprint density at radius 1 is 1.03 bits per heavy atom. The van der Waals surface area contributed by atoms with E-state index in [1.54, 1.807) is 5.57 Å². The van der Waals surface area contributed by atoms with Gasteiger partial charge >= 0.3 is 0 Å². The van der Waals surface area contributed by atoms with Crippen molar-refractivity contribution in [2.24, 2.45) is 23.2 Å². The molecule has 0 aromatic rings. The van der Waals surface area contributed by atoms with E-state index in [0.29, 0.717) is 23.5 Å². The molecule has 6 unspecified atom stereocenters. The van der Waals surface area contributed by atoms with E-state index in [1.807, 2.05) is 0 Å². The van der Waals surface area contributed by atoms with Crippen molar-refractivity contribution in [1.82, 2.24) is 0 Å². The molecule has 1 saturated carbocycles. The van der Waals surface area contributed by atoms with Crippen LogP contribution in [0.4, 0.5) is 0 Å². The quantitative estimate of drug-likeness (QED) is 0.165. The molecule has 2 heteroatoms. The molecule has 4 aliphatic rings. The van der Waals surface area contributed by atoms with Crippen LogP contribution in [0.15, 0.2) is 23.5 Å². The highest BCUT2D eigenvalue weighted by Gasteiger charge is 2.56. The highest BCUT2D eigenvalue weighted by atomic mass is 16.6. The predicted molar refractivity (Wildman–Crippen MR) is 141 cm³/mol. The largest absolute Gasteiger partial charge is 0.479 e. The van der Waals surface area contributed by atoms with Crippen LogP contribution >= 0.6 is 0 Å². The Morgan fingerprint density at radius 3 is 2.68 bits per heavy atom. The van der Waals surface area contributed by atoms with Gasteiger partial charge in [0.15, 0.2) is 5.76 Å². The lowest BCUT2D eigenvalue weighted by Crippen LogP contribution is -2.40. The SMILES string of the molecule is CCCCCCCC1OC1CC#CC#CC1=CCC2CC/C(C)=C\C3C(CCC2(C)O1)C3(C)C. The van der Waals surface area contributed by atoms with Gasteiger partial charge in [-0.15, -0.1) is 0 Å². The van der Waals surface area contributed by atoms with Crippen LogP contribution in [0.2, 0.25) is 0 Å². The van der Waals surface area contributed by atoms with E-state index in [1.165, 1.54) is 57.8 Å². The standard InChI is InChI=1S/C32H46O2/c1-6-7-8-9-12-15-29-30(33-29)16-13-10-11-14-26-20-19-25-18-17-24(2)23-28-27(31(28,3)4)21-22-32(25,5)34-26/h20,23,25,27-30H,6-9,12,15-19,21-22H2,1-5H3/b24-23-. The van der Waals surface area contributed by atoms with Gasteiger partial charge in [-0.3, -0.25) is 0 Å². The summed E-state index contributed by atoms with van der Waals surface area (Å²) in [6, 6.07) is 0. The summed E-state index contributed by atoms with van der Waals surface area (Å²) in [7, 11) is 0. The first kappa shape index (κ1) is 25.5. The van der Waals surface area contributed by atoms with Crippen LogP contribution in [0.1, 0.15) is 112 Å². The van der Waals surface area contributed by atoms with E-state index >= 15 is 0 Å². The molecule has 34 heavy (non-hydrogen) atoms. The zero-order chi connectivity index (χ0) is 24.2. The molecule has 4 rings (SSSR count). The lowest BCUT2D eigenvalue weighted by atomic mass is 9.76. The molecule has 0 aromatic carbocycles. The number of ether oxygens (including phenoxy) is 2. The highest BCUT2D eigenvalue weighted by molar-refractivity contribution is 5.35. The molecule has 0 spiro atoms. The minimum absolute atomic E-state index is 0.112. The number of epoxide rings is 1. The van der Waals surface area contributed by atoms with Crippen molar-refractivity contribution in [2.45, 2.75) is 129 Å². The van der Waals surface area contributed by atoms with Crippen LogP contribution < -0.4 is 0 Å². The molecule has 1 saturated heterocycles. The van der Waals surface area contributed by atoms with E-state index < -0.39 is 0 Å². The second kappa shape index (κ2) is 11.0. The van der Waals surface area contributed by atoms with Crippen LogP contribution in [-0.2, 0) is 9.47 Å². The Kier molecular flexibility index (Phi) is 8.20. The van der Waals surface area contributed by atoms with Gasteiger partial charge in [-0.1, -0.05) is 70.4 Å². The minimum Gasteiger partial charge on any atom is -0.479 e. The molecule has 186 valence electrons. The predicted octanol–water partition coefficient (Wildman–Crippen LogP) is 7.98. The highest BCUT2D eigenvalue weighted by Crippen LogP contribution is 2.62. The van der Waals surface area contributed by atoms with Gasteiger partial charge in [-0.05, 0) is 93.5 Å². The molecule has 0 N–H and O–H groups in total. The normalized spacial score (nSPS) is 37.0. The second-order valence-corrected chi connectivity index (χ2v) is 12.1. The maximum absolute atomic E-state index is 6.58. The fourth-order valence-electron chi connectivity index (χ4n) is 6.38. The van der Waals surface area contributed by atoms with Gasteiger partial charge in [0.05, 0.1) is 12.2 Å². The lowest BCUT2D eigenvalue weighted by Gasteiger charge is -2.41. The first-order valence-corrected chi connectivity index (χ1v) is 14.0. The van der Waals surface area contributed by atoms with Crippen LogP contribution in [0.25, 0.3) is 0 Å². The molecule has 0 radical (unpaired) electrons. The molecule has 2 nitrogen and oxygen atoms in total. The number of unbranched alkanes of at least 4 members (excludes halogenated alkanes) is 4. The number of hydrogen-bond donors (Lipinski definition) is 0. The minimum atomic E-state index is -0.112. The summed E-state index contributed by atoms with van der Waals surface area (Å²) in [6.07, 6.45) is 20.0. The Labute approximate surface area is 209 Å². The number of allylic oxidation sites excluding steroid dienone is 4. The summed E-state index contributed by atoms with van der Waals surface area (Å²) in [5.41, 5.74) is 1.90. The van der Waals surface area contributed by atoms with E-state index in [0.717, 1.165) is 36.9 Å². The van der Waals surface area contributed by atoms with E-state index in [9.17, 15) is 0 Å². The molecule has 0 bridgehead atoms. The average molecular weight is 463 g/mol. The maximum atomic E-state index is 6.58. The summed E-state index contributed by atoms with van der Waals surface area (Å²) in [6.45, 7) is 11.8. The van der Waals surface area contributed by atoms with Crippen molar-refractivity contribution in [3.8, 4) is 23.7 Å². The first-order valence-electron chi connectivity index (χ1n) is 14.0. The zero-order valence-electron chi connectivity index (χ0n) is 22.3. The zero-order valence-corrected chi connectivity index (χ0v) is 22.3. The molecular weight excluding hydrogens is 416 g/mol. The van der Waals surface area contributed by atoms with Gasteiger partial charge in [-0.25, -0.2) is 0 Å². The van der Waals surface area contributed by atoms with Crippen molar-refractivity contribution in [3.63, 3.8) is 0 Å². The van der Waals surface area contributed by atoms with Crippen molar-refractivity contribution in [3.05, 3.63) is 23.5 Å². The van der Waals surface area contributed by atoms with E-state index in [-0.39, 0.29) is 5.60 Å². The molecule has 0 amide bonds. The number of hydrogen-bond acceptors (Lipinski definition) is 2. The van der Waals surface area contributed by atoms with Crippen LogP contribution in [0.5, 0.6) is 0 Å². The third-order valence-electron chi connectivity index (χ3n) is 9.16. The van der Waals surface area contributed by atoms with Crippen LogP contribution in [0, 0.1) is 46.9 Å². The molecule has 0 aromatic heterocycles. The van der Waals surface area contributed by atoms with Crippen molar-refractivity contribution >= 4 is 0 Å². The Morgan fingerprint density at radius 2 is 1.85 bits per heavy atom. The molecule has 6 atom stereocenters. The fourth-order valence-corrected chi connectivity index (χ4v) is 6.38. The number of fused-ring (bicyclic) bond motifs is 2. The maximum Gasteiger partial charge on any atom is 0.167 e. The lowest BCUT2D eigenvalue weighted by molar-refractivity contribution is -0.0503. The van der Waals surface area contributed by atoms with Gasteiger partial charge in [0.1, 0.15) is 5.60 Å². The fraction of sp³-hybridized carbons (Fsp3) is 0.750. The van der Waals surface area contributed by atoms with Crippen molar-refractivity contribution in [2.75, 3.05) is 0 Å². The smallest absolute Gasteiger partial charge is 0.167 e. The van der Waals surface area contributed by atoms with Gasteiger partial charge in [-0.2, -0.15) is 0 Å². The summed E-state index contributed by atoms with van der Waals surface area (Å²) >= 11 is 0. The Balaban J connectivity index is 1.26.